The van der Waals surface area contributed by atoms with Crippen molar-refractivity contribution in [1.82, 2.24) is 9.55 Å². The van der Waals surface area contributed by atoms with Crippen LogP contribution in [0.5, 0.6) is 5.75 Å². The van der Waals surface area contributed by atoms with E-state index in [-0.39, 0.29) is 16.9 Å². The summed E-state index contributed by atoms with van der Waals surface area (Å²) >= 11 is 0. The van der Waals surface area contributed by atoms with E-state index in [0.717, 1.165) is 0 Å². The van der Waals surface area contributed by atoms with Crippen LogP contribution < -0.4 is 5.56 Å². The van der Waals surface area contributed by atoms with Crippen LogP contribution in [0, 0.1) is 6.92 Å². The van der Waals surface area contributed by atoms with E-state index in [1.54, 1.807) is 43.0 Å². The van der Waals surface area contributed by atoms with Crippen LogP contribution in [0.25, 0.3) is 0 Å². The zero-order valence-electron chi connectivity index (χ0n) is 12.0. The molecule has 2 heterocycles. The van der Waals surface area contributed by atoms with Gasteiger partial charge in [0.05, 0.1) is 6.61 Å². The maximum absolute atomic E-state index is 12.4. The Bertz CT molecular complexity index is 693. The number of ether oxygens (including phenoxy) is 1. The molecule has 0 unspecified atom stereocenters. The van der Waals surface area contributed by atoms with Crippen molar-refractivity contribution in [2.45, 2.75) is 13.5 Å². The van der Waals surface area contributed by atoms with Gasteiger partial charge in [0.2, 0.25) is 0 Å². The van der Waals surface area contributed by atoms with Crippen molar-refractivity contribution in [2.75, 3.05) is 13.7 Å². The molecule has 0 aromatic carbocycles. The number of aromatic hydroxyl groups is 1. The van der Waals surface area contributed by atoms with E-state index in [1.165, 1.54) is 12.3 Å². The molecule has 0 bridgehead atoms. The van der Waals surface area contributed by atoms with Gasteiger partial charge in [-0.1, -0.05) is 6.07 Å². The molecule has 0 aliphatic rings. The van der Waals surface area contributed by atoms with Crippen molar-refractivity contribution in [2.24, 2.45) is 4.99 Å². The zero-order chi connectivity index (χ0) is 15.2. The van der Waals surface area contributed by atoms with Gasteiger partial charge in [-0.3, -0.25) is 4.79 Å². The Balaban J connectivity index is 2.39. The van der Waals surface area contributed by atoms with Gasteiger partial charge in [0.15, 0.2) is 5.82 Å². The first-order valence-electron chi connectivity index (χ1n) is 6.51. The fourth-order valence-corrected chi connectivity index (χ4v) is 1.91. The number of hydrogen-bond donors (Lipinski definition) is 1. The summed E-state index contributed by atoms with van der Waals surface area (Å²) in [7, 11) is 1.57. The van der Waals surface area contributed by atoms with Crippen LogP contribution in [0.1, 0.15) is 11.3 Å². The van der Waals surface area contributed by atoms with Crippen molar-refractivity contribution in [1.29, 1.82) is 0 Å². The van der Waals surface area contributed by atoms with Crippen LogP contribution in [0.2, 0.25) is 0 Å². The molecule has 6 nitrogen and oxygen atoms in total. The van der Waals surface area contributed by atoms with Crippen LogP contribution >= 0.6 is 0 Å². The highest BCUT2D eigenvalue weighted by Gasteiger charge is 2.10. The predicted octanol–water partition coefficient (Wildman–Crippen LogP) is 1.65. The minimum absolute atomic E-state index is 0.0918. The van der Waals surface area contributed by atoms with Crippen LogP contribution in [0.4, 0.5) is 5.82 Å². The van der Waals surface area contributed by atoms with Crippen LogP contribution in [0.15, 0.2) is 40.2 Å². The Kier molecular flexibility index (Phi) is 4.84. The van der Waals surface area contributed by atoms with E-state index in [4.69, 9.17) is 4.74 Å². The first-order valence-corrected chi connectivity index (χ1v) is 6.51. The van der Waals surface area contributed by atoms with Gasteiger partial charge in [-0.2, -0.15) is 0 Å². The Morgan fingerprint density at radius 2 is 2.29 bits per heavy atom. The molecule has 110 valence electrons. The first-order chi connectivity index (χ1) is 10.1. The normalized spacial score (nSPS) is 11.1. The largest absolute Gasteiger partial charge is 0.507 e. The molecule has 0 saturated heterocycles. The number of rotatable bonds is 5. The second-order valence-corrected chi connectivity index (χ2v) is 4.48. The van der Waals surface area contributed by atoms with Gasteiger partial charge in [0, 0.05) is 37.8 Å². The Morgan fingerprint density at radius 1 is 1.48 bits per heavy atom. The summed E-state index contributed by atoms with van der Waals surface area (Å²) in [6.45, 7) is 2.60. The molecule has 2 aromatic heterocycles. The molecule has 0 amide bonds. The summed E-state index contributed by atoms with van der Waals surface area (Å²) in [5.41, 5.74) is 0.510. The van der Waals surface area contributed by atoms with Crippen molar-refractivity contribution in [3.63, 3.8) is 0 Å². The Hall–Kier alpha value is -2.47. The number of hydrogen-bond acceptors (Lipinski definition) is 5. The maximum atomic E-state index is 12.4. The second-order valence-electron chi connectivity index (χ2n) is 4.48. The molecule has 0 aliphatic heterocycles. The third-order valence-electron chi connectivity index (χ3n) is 3.02. The molecule has 21 heavy (non-hydrogen) atoms. The highest BCUT2D eigenvalue weighted by molar-refractivity contribution is 5.84. The molecular formula is C15H17N3O3. The number of aromatic nitrogens is 2. The van der Waals surface area contributed by atoms with Gasteiger partial charge in [0.1, 0.15) is 11.3 Å². The lowest BCUT2D eigenvalue weighted by molar-refractivity contribution is 0.185. The lowest BCUT2D eigenvalue weighted by Gasteiger charge is -2.11. The lowest BCUT2D eigenvalue weighted by Crippen LogP contribution is -2.27. The highest BCUT2D eigenvalue weighted by atomic mass is 16.5. The SMILES string of the molecule is COCCn1c(C)cc(O)c(C=Nc2ccccn2)c1=O. The summed E-state index contributed by atoms with van der Waals surface area (Å²) in [5.74, 6) is 0.381. The van der Waals surface area contributed by atoms with Crippen molar-refractivity contribution in [3.8, 4) is 5.75 Å². The molecule has 0 saturated carbocycles. The topological polar surface area (TPSA) is 76.7 Å². The average Bonchev–Trinajstić information content (AvgIpc) is 2.47. The lowest BCUT2D eigenvalue weighted by atomic mass is 10.2. The summed E-state index contributed by atoms with van der Waals surface area (Å²) < 4.78 is 6.53. The van der Waals surface area contributed by atoms with E-state index in [9.17, 15) is 9.90 Å². The smallest absolute Gasteiger partial charge is 0.263 e. The van der Waals surface area contributed by atoms with Gasteiger partial charge < -0.3 is 14.4 Å². The van der Waals surface area contributed by atoms with Gasteiger partial charge in [-0.25, -0.2) is 9.98 Å². The molecule has 0 spiro atoms. The van der Waals surface area contributed by atoms with E-state index >= 15 is 0 Å². The maximum Gasteiger partial charge on any atom is 0.263 e. The van der Waals surface area contributed by atoms with Gasteiger partial charge in [-0.05, 0) is 19.1 Å². The van der Waals surface area contributed by atoms with Crippen molar-refractivity contribution >= 4 is 12.0 Å². The zero-order valence-corrected chi connectivity index (χ0v) is 12.0. The van der Waals surface area contributed by atoms with Gasteiger partial charge in [0.25, 0.3) is 5.56 Å². The van der Waals surface area contributed by atoms with E-state index < -0.39 is 0 Å². The quantitative estimate of drug-likeness (QED) is 0.848. The van der Waals surface area contributed by atoms with Crippen LogP contribution in [-0.2, 0) is 11.3 Å². The van der Waals surface area contributed by atoms with Gasteiger partial charge >= 0.3 is 0 Å². The molecule has 1 N–H and O–H groups in total. The standard InChI is InChI=1S/C15H17N3O3/c1-11-9-13(19)12(15(20)18(11)7-8-21-2)10-17-14-5-3-4-6-16-14/h3-6,9-10,19H,7-8H2,1-2H3. The molecule has 0 fully saturated rings. The molecule has 0 radical (unpaired) electrons. The number of aryl methyl sites for hydroxylation is 1. The number of methoxy groups -OCH3 is 1. The first kappa shape index (κ1) is 14.9. The predicted molar refractivity (Wildman–Crippen MR) is 80.5 cm³/mol. The van der Waals surface area contributed by atoms with E-state index in [0.29, 0.717) is 24.7 Å². The second kappa shape index (κ2) is 6.81. The third kappa shape index (κ3) is 3.55. The summed E-state index contributed by atoms with van der Waals surface area (Å²) in [6, 6.07) is 6.83. The Morgan fingerprint density at radius 3 is 2.95 bits per heavy atom. The molecular weight excluding hydrogens is 270 g/mol. The fraction of sp³-hybridized carbons (Fsp3) is 0.267. The minimum Gasteiger partial charge on any atom is -0.507 e. The van der Waals surface area contributed by atoms with Crippen molar-refractivity contribution in [3.05, 3.63) is 52.1 Å². The molecule has 0 atom stereocenters. The van der Waals surface area contributed by atoms with Crippen molar-refractivity contribution < 1.29 is 9.84 Å². The highest BCUT2D eigenvalue weighted by Crippen LogP contribution is 2.14. The Labute approximate surface area is 122 Å². The summed E-state index contributed by atoms with van der Waals surface area (Å²) in [4.78, 5) is 20.5. The monoisotopic (exact) mass is 287 g/mol. The minimum atomic E-state index is -0.302. The molecule has 2 rings (SSSR count). The summed E-state index contributed by atoms with van der Waals surface area (Å²) in [6.07, 6.45) is 2.95. The van der Waals surface area contributed by atoms with E-state index in [1.807, 2.05) is 0 Å². The van der Waals surface area contributed by atoms with Gasteiger partial charge in [-0.15, -0.1) is 0 Å². The molecule has 6 heteroatoms. The van der Waals surface area contributed by atoms with Crippen LogP contribution in [-0.4, -0.2) is 34.6 Å². The fourth-order valence-electron chi connectivity index (χ4n) is 1.91. The van der Waals surface area contributed by atoms with E-state index in [2.05, 4.69) is 9.98 Å². The molecule has 0 aliphatic carbocycles. The third-order valence-corrected chi connectivity index (χ3v) is 3.02. The number of aliphatic imine (C=N–C) groups is 1. The molecule has 2 aromatic rings. The summed E-state index contributed by atoms with van der Waals surface area (Å²) in [5, 5.41) is 9.94. The number of nitrogens with zero attached hydrogens (tertiary/aromatic N) is 3. The number of pyridine rings is 2. The van der Waals surface area contributed by atoms with Crippen LogP contribution in [0.3, 0.4) is 0 Å². The average molecular weight is 287 g/mol.